The monoisotopic (exact) mass is 614 g/mol. The zero-order valence-corrected chi connectivity index (χ0v) is 17.1. The Labute approximate surface area is 139 Å². The van der Waals surface area contributed by atoms with Crippen LogP contribution in [0.3, 0.4) is 0 Å². The lowest BCUT2D eigenvalue weighted by Gasteiger charge is -2.10. The molecule has 0 spiro atoms. The molecule has 15 heavy (non-hydrogen) atoms. The fourth-order valence-corrected chi connectivity index (χ4v) is 7.38. The Morgan fingerprint density at radius 3 is 1.33 bits per heavy atom. The molecule has 0 aromatic carbocycles. The molecule has 0 radical (unpaired) electrons. The second-order valence-corrected chi connectivity index (χ2v) is 13.1. The van der Waals surface area contributed by atoms with E-state index in [0.29, 0.717) is 6.78 Å². The van der Waals surface area contributed by atoms with Gasteiger partial charge < -0.3 is 0 Å². The summed E-state index contributed by atoms with van der Waals surface area (Å²) in [6, 6.07) is 0. The Balaban J connectivity index is 5.00. The molecule has 2 atom stereocenters. The highest BCUT2D eigenvalue weighted by molar-refractivity contribution is 9.28. The lowest BCUT2D eigenvalue weighted by atomic mass is 10.7. The van der Waals surface area contributed by atoms with Crippen LogP contribution < -0.4 is 0 Å². The third kappa shape index (κ3) is 6.71. The van der Waals surface area contributed by atoms with Crippen LogP contribution in [0.1, 0.15) is 0 Å². The summed E-state index contributed by atoms with van der Waals surface area (Å²) in [5.41, 5.74) is 0. The standard InChI is InChI=1S/C6H4Br6O2S/c7-3(8)1-5(11)15(13,14)6(12)2-4(9)10/h1-2,5-6H. The van der Waals surface area contributed by atoms with E-state index in [2.05, 4.69) is 95.6 Å². The van der Waals surface area contributed by atoms with E-state index in [4.69, 9.17) is 0 Å². The molecule has 88 valence electrons. The maximum atomic E-state index is 11.8. The average molecular weight is 620 g/mol. The zero-order chi connectivity index (χ0) is 12.2. The molecule has 2 nitrogen and oxygen atoms in total. The minimum atomic E-state index is -3.37. The summed E-state index contributed by atoms with van der Waals surface area (Å²) in [7, 11) is -3.37. The van der Waals surface area contributed by atoms with E-state index < -0.39 is 18.2 Å². The van der Waals surface area contributed by atoms with Crippen molar-refractivity contribution in [2.45, 2.75) is 8.32 Å². The average Bonchev–Trinajstić information content (AvgIpc) is 2.01. The van der Waals surface area contributed by atoms with Crippen LogP contribution in [0.15, 0.2) is 18.9 Å². The first kappa shape index (κ1) is 17.3. The second-order valence-electron chi connectivity index (χ2n) is 2.20. The van der Waals surface area contributed by atoms with Gasteiger partial charge in [-0.15, -0.1) is 0 Å². The molecule has 0 aromatic heterocycles. The molecule has 0 aliphatic heterocycles. The number of sulfone groups is 1. The summed E-state index contributed by atoms with van der Waals surface area (Å²) in [5.74, 6) is 0. The van der Waals surface area contributed by atoms with Gasteiger partial charge in [-0.25, -0.2) is 8.42 Å². The Morgan fingerprint density at radius 2 is 1.13 bits per heavy atom. The summed E-state index contributed by atoms with van der Waals surface area (Å²) >= 11 is 18.6. The van der Waals surface area contributed by atoms with Gasteiger partial charge in [0.25, 0.3) is 0 Å². The van der Waals surface area contributed by atoms with Gasteiger partial charge in [-0.1, -0.05) is 31.9 Å². The summed E-state index contributed by atoms with van der Waals surface area (Å²) < 4.78 is 23.3. The van der Waals surface area contributed by atoms with Crippen molar-refractivity contribution >= 4 is 105 Å². The molecule has 0 saturated carbocycles. The number of halogens is 6. The highest BCUT2D eigenvalue weighted by Crippen LogP contribution is 2.28. The van der Waals surface area contributed by atoms with Crippen LogP contribution in [-0.4, -0.2) is 16.7 Å². The molecule has 9 heteroatoms. The highest BCUT2D eigenvalue weighted by Gasteiger charge is 2.28. The van der Waals surface area contributed by atoms with Crippen molar-refractivity contribution in [2.24, 2.45) is 0 Å². The smallest absolute Gasteiger partial charge is 0.183 e. The van der Waals surface area contributed by atoms with Crippen LogP contribution in [0.5, 0.6) is 0 Å². The maximum absolute atomic E-state index is 11.8. The van der Waals surface area contributed by atoms with E-state index in [-0.39, 0.29) is 0 Å². The van der Waals surface area contributed by atoms with Crippen molar-refractivity contribution in [3.05, 3.63) is 18.9 Å². The van der Waals surface area contributed by atoms with Crippen molar-refractivity contribution in [1.29, 1.82) is 0 Å². The molecule has 0 N–H and O–H groups in total. The zero-order valence-electron chi connectivity index (χ0n) is 6.80. The van der Waals surface area contributed by atoms with Crippen molar-refractivity contribution in [2.75, 3.05) is 0 Å². The number of rotatable bonds is 4. The number of hydrogen-bond acceptors (Lipinski definition) is 2. The molecular formula is C6H4Br6O2S. The molecule has 0 aliphatic carbocycles. The summed E-state index contributed by atoms with van der Waals surface area (Å²) in [4.78, 5) is 0. The molecule has 0 heterocycles. The minimum Gasteiger partial charge on any atom is -0.226 e. The third-order valence-corrected chi connectivity index (χ3v) is 7.38. The van der Waals surface area contributed by atoms with Gasteiger partial charge in [0.1, 0.15) is 8.32 Å². The van der Waals surface area contributed by atoms with Gasteiger partial charge in [0.15, 0.2) is 9.84 Å². The van der Waals surface area contributed by atoms with Gasteiger partial charge in [0.2, 0.25) is 0 Å². The van der Waals surface area contributed by atoms with Crippen LogP contribution in [0.25, 0.3) is 0 Å². The fourth-order valence-electron chi connectivity index (χ4n) is 0.512. The molecule has 0 saturated heterocycles. The Kier molecular flexibility index (Phi) is 8.86. The molecule has 0 aliphatic rings. The lowest BCUT2D eigenvalue weighted by Crippen LogP contribution is -2.21. The molecule has 0 aromatic rings. The lowest BCUT2D eigenvalue weighted by molar-refractivity contribution is 0.599. The maximum Gasteiger partial charge on any atom is 0.183 e. The Bertz CT molecular complexity index is 335. The van der Waals surface area contributed by atoms with Gasteiger partial charge >= 0.3 is 0 Å². The van der Waals surface area contributed by atoms with Crippen molar-refractivity contribution in [3.63, 3.8) is 0 Å². The quantitative estimate of drug-likeness (QED) is 0.411. The van der Waals surface area contributed by atoms with Crippen LogP contribution in [0.2, 0.25) is 0 Å². The van der Waals surface area contributed by atoms with Crippen molar-refractivity contribution in [3.8, 4) is 0 Å². The highest BCUT2D eigenvalue weighted by atomic mass is 79.9. The van der Waals surface area contributed by atoms with E-state index in [9.17, 15) is 8.42 Å². The predicted octanol–water partition coefficient (Wildman–Crippen LogP) is 5.11. The SMILES string of the molecule is O=S(=O)(C(Br)C=C(Br)Br)C(Br)C=C(Br)Br. The first-order valence-corrected chi connectivity index (χ1v) is 9.85. The minimum absolute atomic E-state index is 0.571. The van der Waals surface area contributed by atoms with Gasteiger partial charge in [0.05, 0.1) is 6.78 Å². The van der Waals surface area contributed by atoms with Crippen molar-refractivity contribution in [1.82, 2.24) is 0 Å². The molecular weight excluding hydrogens is 616 g/mol. The van der Waals surface area contributed by atoms with Crippen molar-refractivity contribution < 1.29 is 8.42 Å². The Morgan fingerprint density at radius 1 is 0.867 bits per heavy atom. The number of alkyl halides is 2. The summed E-state index contributed by atoms with van der Waals surface area (Å²) in [6.07, 6.45) is 2.97. The van der Waals surface area contributed by atoms with Crippen LogP contribution in [-0.2, 0) is 9.84 Å². The summed E-state index contributed by atoms with van der Waals surface area (Å²) in [6.45, 7) is 0. The molecule has 2 unspecified atom stereocenters. The van der Waals surface area contributed by atoms with Crippen LogP contribution >= 0.6 is 95.6 Å². The van der Waals surface area contributed by atoms with Gasteiger partial charge in [0, 0.05) is 0 Å². The molecule has 0 amide bonds. The van der Waals surface area contributed by atoms with Crippen LogP contribution in [0.4, 0.5) is 0 Å². The van der Waals surface area contributed by atoms with E-state index in [1.54, 1.807) is 0 Å². The molecule has 0 fully saturated rings. The van der Waals surface area contributed by atoms with E-state index in [0.717, 1.165) is 0 Å². The van der Waals surface area contributed by atoms with E-state index >= 15 is 0 Å². The van der Waals surface area contributed by atoms with E-state index in [1.807, 2.05) is 0 Å². The van der Waals surface area contributed by atoms with Gasteiger partial charge in [-0.2, -0.15) is 0 Å². The van der Waals surface area contributed by atoms with Gasteiger partial charge in [-0.05, 0) is 75.9 Å². The topological polar surface area (TPSA) is 34.1 Å². The van der Waals surface area contributed by atoms with Gasteiger partial charge in [-0.3, -0.25) is 0 Å². The van der Waals surface area contributed by atoms with Crippen LogP contribution in [0, 0.1) is 0 Å². The molecule has 0 rings (SSSR count). The largest absolute Gasteiger partial charge is 0.226 e. The summed E-state index contributed by atoms with van der Waals surface area (Å²) in [5, 5.41) is 0. The third-order valence-electron chi connectivity index (χ3n) is 1.14. The first-order chi connectivity index (χ1) is 6.67. The Hall–Kier alpha value is 2.31. The molecule has 0 bridgehead atoms. The van der Waals surface area contributed by atoms with E-state index in [1.165, 1.54) is 12.2 Å². The first-order valence-electron chi connectivity index (χ1n) is 3.24. The number of hydrogen-bond donors (Lipinski definition) is 0. The fraction of sp³-hybridized carbons (Fsp3) is 0.333. The predicted molar refractivity (Wildman–Crippen MR) is 86.2 cm³/mol. The normalized spacial score (nSPS) is 15.3. The second kappa shape index (κ2) is 7.68.